The highest BCUT2D eigenvalue weighted by molar-refractivity contribution is 6.05. The Morgan fingerprint density at radius 3 is 2.41 bits per heavy atom. The number of nitrogens with two attached hydrogens (primary N) is 1. The van der Waals surface area contributed by atoms with Crippen LogP contribution in [-0.4, -0.2) is 31.7 Å². The Kier molecular flexibility index (Phi) is 4.86. The van der Waals surface area contributed by atoms with E-state index in [1.165, 1.54) is 25.3 Å². The molecule has 0 fully saturated rings. The van der Waals surface area contributed by atoms with E-state index >= 15 is 0 Å². The van der Waals surface area contributed by atoms with Crippen molar-refractivity contribution in [2.45, 2.75) is 38.1 Å². The predicted molar refractivity (Wildman–Crippen MR) is 82.3 cm³/mol. The molecule has 120 valence electrons. The van der Waals surface area contributed by atoms with Crippen molar-refractivity contribution < 1.29 is 19.1 Å². The molecule has 0 saturated carbocycles. The van der Waals surface area contributed by atoms with E-state index in [2.05, 4.69) is 19.1 Å². The van der Waals surface area contributed by atoms with Gasteiger partial charge in [0.25, 0.3) is 0 Å². The number of hydrogen-bond donors (Lipinski definition) is 1. The second-order valence-electron chi connectivity index (χ2n) is 5.92. The van der Waals surface area contributed by atoms with Gasteiger partial charge >= 0.3 is 11.9 Å². The SMILES string of the molecule is COC(=O)C(N)(C(=O)OC)C1CCCc2cc(C)ccc2C1. The number of benzene rings is 1. The lowest BCUT2D eigenvalue weighted by Crippen LogP contribution is -2.61. The van der Waals surface area contributed by atoms with Crippen molar-refractivity contribution in [3.05, 3.63) is 34.9 Å². The second kappa shape index (κ2) is 6.48. The van der Waals surface area contributed by atoms with Crippen molar-refractivity contribution in [1.82, 2.24) is 0 Å². The van der Waals surface area contributed by atoms with E-state index < -0.39 is 17.5 Å². The zero-order chi connectivity index (χ0) is 16.3. The van der Waals surface area contributed by atoms with Crippen LogP contribution in [0.4, 0.5) is 0 Å². The maximum Gasteiger partial charge on any atom is 0.337 e. The van der Waals surface area contributed by atoms with Crippen LogP contribution in [0.25, 0.3) is 0 Å². The molecule has 22 heavy (non-hydrogen) atoms. The predicted octanol–water partition coefficient (Wildman–Crippen LogP) is 1.53. The van der Waals surface area contributed by atoms with Crippen LogP contribution in [0, 0.1) is 12.8 Å². The Hall–Kier alpha value is -1.88. The van der Waals surface area contributed by atoms with E-state index in [0.29, 0.717) is 12.8 Å². The molecule has 0 aliphatic heterocycles. The van der Waals surface area contributed by atoms with Crippen LogP contribution < -0.4 is 5.73 Å². The molecule has 1 aliphatic carbocycles. The number of carbonyl (C=O) groups excluding carboxylic acids is 2. The molecule has 1 aliphatic rings. The third-order valence-corrected chi connectivity index (χ3v) is 4.52. The van der Waals surface area contributed by atoms with Crippen LogP contribution in [-0.2, 0) is 31.9 Å². The number of ether oxygens (including phenoxy) is 2. The molecule has 1 atom stereocenters. The summed E-state index contributed by atoms with van der Waals surface area (Å²) < 4.78 is 9.55. The lowest BCUT2D eigenvalue weighted by Gasteiger charge is -2.31. The van der Waals surface area contributed by atoms with Crippen molar-refractivity contribution in [3.63, 3.8) is 0 Å². The molecule has 2 rings (SSSR count). The Bertz CT molecular complexity index is 566. The second-order valence-corrected chi connectivity index (χ2v) is 5.92. The van der Waals surface area contributed by atoms with E-state index in [1.807, 2.05) is 6.07 Å². The van der Waals surface area contributed by atoms with Crippen molar-refractivity contribution in [2.75, 3.05) is 14.2 Å². The number of fused-ring (bicyclic) bond motifs is 1. The molecule has 1 unspecified atom stereocenters. The Balaban J connectivity index is 2.39. The van der Waals surface area contributed by atoms with Gasteiger partial charge in [-0.1, -0.05) is 23.8 Å². The summed E-state index contributed by atoms with van der Waals surface area (Å²) in [5.74, 6) is -1.81. The highest BCUT2D eigenvalue weighted by Crippen LogP contribution is 2.32. The van der Waals surface area contributed by atoms with Gasteiger partial charge in [0.15, 0.2) is 0 Å². The first-order valence-corrected chi connectivity index (χ1v) is 7.47. The molecule has 0 bridgehead atoms. The normalized spacial score (nSPS) is 18.1. The smallest absolute Gasteiger partial charge is 0.337 e. The third-order valence-electron chi connectivity index (χ3n) is 4.52. The van der Waals surface area contributed by atoms with Crippen LogP contribution in [0.15, 0.2) is 18.2 Å². The Morgan fingerprint density at radius 1 is 1.18 bits per heavy atom. The molecule has 0 spiro atoms. The van der Waals surface area contributed by atoms with Gasteiger partial charge in [-0.05, 0) is 43.7 Å². The minimum atomic E-state index is -1.75. The maximum absolute atomic E-state index is 12.2. The molecular weight excluding hydrogens is 282 g/mol. The number of rotatable bonds is 3. The van der Waals surface area contributed by atoms with Crippen LogP contribution in [0.2, 0.25) is 0 Å². The fraction of sp³-hybridized carbons (Fsp3) is 0.529. The van der Waals surface area contributed by atoms with Crippen molar-refractivity contribution in [3.8, 4) is 0 Å². The fourth-order valence-corrected chi connectivity index (χ4v) is 3.24. The van der Waals surface area contributed by atoms with Crippen LogP contribution in [0.3, 0.4) is 0 Å². The zero-order valence-corrected chi connectivity index (χ0v) is 13.3. The van der Waals surface area contributed by atoms with Crippen LogP contribution in [0.1, 0.15) is 29.5 Å². The fourth-order valence-electron chi connectivity index (χ4n) is 3.24. The summed E-state index contributed by atoms with van der Waals surface area (Å²) in [6.45, 7) is 2.05. The minimum Gasteiger partial charge on any atom is -0.467 e. The van der Waals surface area contributed by atoms with Gasteiger partial charge in [-0.3, -0.25) is 0 Å². The van der Waals surface area contributed by atoms with Crippen molar-refractivity contribution >= 4 is 11.9 Å². The number of esters is 2. The van der Waals surface area contributed by atoms with Crippen LogP contribution in [0.5, 0.6) is 0 Å². The van der Waals surface area contributed by atoms with Gasteiger partial charge < -0.3 is 15.2 Å². The van der Waals surface area contributed by atoms with E-state index in [1.54, 1.807) is 0 Å². The number of methoxy groups -OCH3 is 2. The van der Waals surface area contributed by atoms with Gasteiger partial charge in [-0.15, -0.1) is 0 Å². The summed E-state index contributed by atoms with van der Waals surface area (Å²) in [4.78, 5) is 24.3. The minimum absolute atomic E-state index is 0.337. The topological polar surface area (TPSA) is 78.6 Å². The molecule has 0 amide bonds. The van der Waals surface area contributed by atoms with Gasteiger partial charge in [-0.2, -0.15) is 0 Å². The van der Waals surface area contributed by atoms with E-state index in [-0.39, 0.29) is 5.92 Å². The number of carbonyl (C=O) groups is 2. The lowest BCUT2D eigenvalue weighted by molar-refractivity contribution is -0.164. The summed E-state index contributed by atoms with van der Waals surface area (Å²) >= 11 is 0. The highest BCUT2D eigenvalue weighted by Gasteiger charge is 2.51. The van der Waals surface area contributed by atoms with E-state index in [9.17, 15) is 9.59 Å². The maximum atomic E-state index is 12.2. The van der Waals surface area contributed by atoms with E-state index in [4.69, 9.17) is 15.2 Å². The number of aryl methyl sites for hydroxylation is 2. The number of hydrogen-bond acceptors (Lipinski definition) is 5. The van der Waals surface area contributed by atoms with Gasteiger partial charge in [0.2, 0.25) is 5.54 Å². The molecule has 1 aromatic carbocycles. The Morgan fingerprint density at radius 2 is 1.82 bits per heavy atom. The monoisotopic (exact) mass is 305 g/mol. The summed E-state index contributed by atoms with van der Waals surface area (Å²) in [7, 11) is 2.47. The summed E-state index contributed by atoms with van der Waals surface area (Å²) in [6, 6.07) is 6.25. The van der Waals surface area contributed by atoms with Crippen molar-refractivity contribution in [1.29, 1.82) is 0 Å². The molecule has 0 radical (unpaired) electrons. The summed E-state index contributed by atoms with van der Waals surface area (Å²) in [5, 5.41) is 0. The lowest BCUT2D eigenvalue weighted by atomic mass is 9.78. The molecule has 1 aromatic rings. The largest absolute Gasteiger partial charge is 0.467 e. The molecule has 0 saturated heterocycles. The summed E-state index contributed by atoms with van der Waals surface area (Å²) in [5.41, 5.74) is 8.04. The Labute approximate surface area is 130 Å². The first kappa shape index (κ1) is 16.5. The molecule has 0 heterocycles. The van der Waals surface area contributed by atoms with Crippen molar-refractivity contribution in [2.24, 2.45) is 11.7 Å². The average molecular weight is 305 g/mol. The van der Waals surface area contributed by atoms with Gasteiger partial charge in [0, 0.05) is 5.92 Å². The molecule has 2 N–H and O–H groups in total. The van der Waals surface area contributed by atoms with Gasteiger partial charge in [0.1, 0.15) is 0 Å². The first-order chi connectivity index (χ1) is 10.4. The first-order valence-electron chi connectivity index (χ1n) is 7.47. The van der Waals surface area contributed by atoms with Crippen LogP contribution >= 0.6 is 0 Å². The third kappa shape index (κ3) is 2.86. The van der Waals surface area contributed by atoms with Gasteiger partial charge in [-0.25, -0.2) is 9.59 Å². The zero-order valence-electron chi connectivity index (χ0n) is 13.3. The quantitative estimate of drug-likeness (QED) is 0.520. The molecule has 5 heteroatoms. The standard InChI is InChI=1S/C17H23NO4/c1-11-7-8-13-10-14(6-4-5-12(13)9-11)17(18,15(19)21-2)16(20)22-3/h7-9,14H,4-6,10,18H2,1-3H3. The molecular formula is C17H23NO4. The van der Waals surface area contributed by atoms with Gasteiger partial charge in [0.05, 0.1) is 14.2 Å². The molecule has 0 aromatic heterocycles. The average Bonchev–Trinajstić information content (AvgIpc) is 2.74. The molecule has 5 nitrogen and oxygen atoms in total. The highest BCUT2D eigenvalue weighted by atomic mass is 16.5. The van der Waals surface area contributed by atoms with E-state index in [0.717, 1.165) is 18.4 Å². The summed E-state index contributed by atoms with van der Waals surface area (Å²) in [6.07, 6.45) is 3.03.